The molecular formula is C29H41F2NO5Si. The third-order valence-electron chi connectivity index (χ3n) is 7.01. The normalized spacial score (nSPS) is 18.7. The zero-order chi connectivity index (χ0) is 28.3. The number of hydrogen-bond donors (Lipinski definition) is 0. The molecule has 1 aliphatic heterocycles. The van der Waals surface area contributed by atoms with Crippen LogP contribution in [0.25, 0.3) is 0 Å². The Morgan fingerprint density at radius 1 is 1.03 bits per heavy atom. The Bertz CT molecular complexity index is 1110. The monoisotopic (exact) mass is 549 g/mol. The van der Waals surface area contributed by atoms with Crippen molar-refractivity contribution in [3.8, 4) is 17.2 Å². The molecule has 38 heavy (non-hydrogen) atoms. The molecule has 1 amide bonds. The van der Waals surface area contributed by atoms with Crippen LogP contribution >= 0.6 is 0 Å². The van der Waals surface area contributed by atoms with E-state index in [0.29, 0.717) is 48.7 Å². The predicted octanol–water partition coefficient (Wildman–Crippen LogP) is 5.76. The molecule has 0 N–H and O–H groups in total. The van der Waals surface area contributed by atoms with E-state index in [-0.39, 0.29) is 17.7 Å². The van der Waals surface area contributed by atoms with Crippen molar-refractivity contribution < 1.29 is 32.2 Å². The van der Waals surface area contributed by atoms with Gasteiger partial charge in [0.2, 0.25) is 11.7 Å². The molecule has 1 fully saturated rings. The second-order valence-electron chi connectivity index (χ2n) is 11.5. The molecule has 210 valence electrons. The minimum atomic E-state index is -1.57. The maximum atomic E-state index is 14.9. The Labute approximate surface area is 226 Å². The van der Waals surface area contributed by atoms with Crippen LogP contribution in [0, 0.1) is 22.5 Å². The topological polar surface area (TPSA) is 57.2 Å². The summed E-state index contributed by atoms with van der Waals surface area (Å²) in [6.07, 6.45) is 0.904. The van der Waals surface area contributed by atoms with Gasteiger partial charge in [0.15, 0.2) is 20.5 Å². The lowest BCUT2D eigenvalue weighted by molar-refractivity contribution is -0.142. The molecule has 0 spiro atoms. The molecule has 0 radical (unpaired) electrons. The van der Waals surface area contributed by atoms with Gasteiger partial charge in [-0.2, -0.15) is 0 Å². The Balaban J connectivity index is 2.04. The highest BCUT2D eigenvalue weighted by Gasteiger charge is 2.53. The molecule has 0 aliphatic carbocycles. The molecule has 0 bridgehead atoms. The van der Waals surface area contributed by atoms with E-state index in [1.165, 1.54) is 12.1 Å². The number of nitrogens with zero attached hydrogens (tertiary/aromatic N) is 1. The predicted molar refractivity (Wildman–Crippen MR) is 146 cm³/mol. The van der Waals surface area contributed by atoms with Gasteiger partial charge < -0.3 is 23.5 Å². The van der Waals surface area contributed by atoms with E-state index in [9.17, 15) is 13.6 Å². The van der Waals surface area contributed by atoms with Crippen molar-refractivity contribution in [1.29, 1.82) is 0 Å². The fraction of sp³-hybridized carbons (Fsp3) is 0.552. The van der Waals surface area contributed by atoms with Crippen LogP contribution in [-0.2, 0) is 22.2 Å². The molecule has 2 unspecified atom stereocenters. The second-order valence-corrected chi connectivity index (χ2v) is 13.9. The average Bonchev–Trinajstić information content (AvgIpc) is 3.14. The molecule has 0 saturated carbocycles. The molecule has 1 heterocycles. The molecule has 1 saturated heterocycles. The van der Waals surface area contributed by atoms with E-state index in [1.807, 2.05) is 12.1 Å². The van der Waals surface area contributed by atoms with Gasteiger partial charge >= 0.3 is 0 Å². The first kappa shape index (κ1) is 29.9. The summed E-state index contributed by atoms with van der Waals surface area (Å²) in [7, 11) is 3.08. The number of likely N-dealkylation sites (tertiary alicyclic amines) is 1. The molecule has 3 rings (SSSR count). The van der Waals surface area contributed by atoms with Crippen LogP contribution in [0.1, 0.15) is 44.7 Å². The van der Waals surface area contributed by atoms with Gasteiger partial charge in [-0.3, -0.25) is 4.79 Å². The molecular weight excluding hydrogens is 508 g/mol. The summed E-state index contributed by atoms with van der Waals surface area (Å²) in [5.74, 6) is 0.128. The number of benzene rings is 2. The summed E-state index contributed by atoms with van der Waals surface area (Å²) < 4.78 is 51.6. The van der Waals surface area contributed by atoms with Crippen molar-refractivity contribution in [1.82, 2.24) is 4.90 Å². The molecule has 2 aromatic rings. The minimum Gasteiger partial charge on any atom is -0.493 e. The molecule has 2 aromatic carbocycles. The standard InChI is InChI=1S/C29H41F2NO5Si/c1-28(2,3)17-25(37-38(7)8)29(16-20-9-10-21(30)15-22(20)31)11-12-32(27(29)33)18-19-13-23(34-4)26(36-6)24(14-19)35-5/h9-10,13-15,25,38H,11-12,16-18H2,1-8H3. The summed E-state index contributed by atoms with van der Waals surface area (Å²) in [5.41, 5.74) is 0.0572. The largest absolute Gasteiger partial charge is 0.493 e. The fourth-order valence-corrected chi connectivity index (χ4v) is 6.31. The van der Waals surface area contributed by atoms with Crippen LogP contribution in [0.15, 0.2) is 30.3 Å². The summed E-state index contributed by atoms with van der Waals surface area (Å²) in [6.45, 7) is 11.3. The first-order chi connectivity index (χ1) is 17.8. The number of rotatable bonds is 11. The van der Waals surface area contributed by atoms with Gasteiger partial charge in [-0.25, -0.2) is 8.78 Å². The third-order valence-corrected chi connectivity index (χ3v) is 7.88. The molecule has 0 aromatic heterocycles. The van der Waals surface area contributed by atoms with Gasteiger partial charge in [0.05, 0.1) is 32.8 Å². The summed E-state index contributed by atoms with van der Waals surface area (Å²) in [6, 6.07) is 7.24. The van der Waals surface area contributed by atoms with Crippen molar-refractivity contribution in [2.24, 2.45) is 10.8 Å². The van der Waals surface area contributed by atoms with E-state index < -0.39 is 32.2 Å². The first-order valence-electron chi connectivity index (χ1n) is 13.0. The number of methoxy groups -OCH3 is 3. The lowest BCUT2D eigenvalue weighted by Crippen LogP contribution is -2.48. The number of halogens is 2. The van der Waals surface area contributed by atoms with Gasteiger partial charge in [-0.1, -0.05) is 26.8 Å². The van der Waals surface area contributed by atoms with Crippen molar-refractivity contribution in [3.63, 3.8) is 0 Å². The Kier molecular flexibility index (Phi) is 9.46. The highest BCUT2D eigenvalue weighted by Crippen LogP contribution is 2.46. The number of carbonyl (C=O) groups is 1. The highest BCUT2D eigenvalue weighted by molar-refractivity contribution is 6.48. The van der Waals surface area contributed by atoms with Crippen LogP contribution < -0.4 is 14.2 Å². The fourth-order valence-electron chi connectivity index (χ4n) is 5.30. The van der Waals surface area contributed by atoms with Crippen molar-refractivity contribution in [3.05, 3.63) is 53.1 Å². The van der Waals surface area contributed by atoms with E-state index in [1.54, 1.807) is 26.2 Å². The summed E-state index contributed by atoms with van der Waals surface area (Å²) in [4.78, 5) is 16.1. The minimum absolute atomic E-state index is 0.0844. The SMILES string of the molecule is COc1cc(CN2CCC(Cc3ccc(F)cc3F)(C(CC(C)(C)C)O[SiH](C)C)C2=O)cc(OC)c1OC. The zero-order valence-electron chi connectivity index (χ0n) is 23.8. The van der Waals surface area contributed by atoms with E-state index in [0.717, 1.165) is 11.6 Å². The van der Waals surface area contributed by atoms with Crippen LogP contribution in [0.4, 0.5) is 8.78 Å². The number of amides is 1. The van der Waals surface area contributed by atoms with Gasteiger partial charge in [0.1, 0.15) is 11.6 Å². The van der Waals surface area contributed by atoms with Crippen LogP contribution in [-0.4, -0.2) is 53.8 Å². The Hall–Kier alpha value is -2.65. The van der Waals surface area contributed by atoms with Crippen LogP contribution in [0.3, 0.4) is 0 Å². The average molecular weight is 550 g/mol. The van der Waals surface area contributed by atoms with Crippen molar-refractivity contribution >= 4 is 14.9 Å². The highest BCUT2D eigenvalue weighted by atomic mass is 28.3. The number of carbonyl (C=O) groups excluding carboxylic acids is 1. The molecule has 6 nitrogen and oxygen atoms in total. The van der Waals surface area contributed by atoms with Crippen molar-refractivity contribution in [2.45, 2.75) is 65.8 Å². The maximum absolute atomic E-state index is 14.9. The zero-order valence-corrected chi connectivity index (χ0v) is 25.0. The van der Waals surface area contributed by atoms with Crippen LogP contribution in [0.5, 0.6) is 17.2 Å². The third kappa shape index (κ3) is 6.67. The Morgan fingerprint density at radius 3 is 2.16 bits per heavy atom. The number of hydrogen-bond acceptors (Lipinski definition) is 5. The smallest absolute Gasteiger partial charge is 0.232 e. The first-order valence-corrected chi connectivity index (χ1v) is 15.8. The van der Waals surface area contributed by atoms with Gasteiger partial charge in [-0.05, 0) is 67.1 Å². The lowest BCUT2D eigenvalue weighted by atomic mass is 9.70. The molecule has 2 atom stereocenters. The van der Waals surface area contributed by atoms with E-state index in [4.69, 9.17) is 18.6 Å². The van der Waals surface area contributed by atoms with E-state index >= 15 is 0 Å². The molecule has 1 aliphatic rings. The molecule has 9 heteroatoms. The summed E-state index contributed by atoms with van der Waals surface area (Å²) in [5, 5.41) is 0. The van der Waals surface area contributed by atoms with Gasteiger partial charge in [0.25, 0.3) is 0 Å². The van der Waals surface area contributed by atoms with Crippen LogP contribution in [0.2, 0.25) is 13.1 Å². The second kappa shape index (κ2) is 12.0. The van der Waals surface area contributed by atoms with Gasteiger partial charge in [-0.15, -0.1) is 0 Å². The van der Waals surface area contributed by atoms with Gasteiger partial charge in [0, 0.05) is 19.2 Å². The maximum Gasteiger partial charge on any atom is 0.232 e. The Morgan fingerprint density at radius 2 is 1.66 bits per heavy atom. The van der Waals surface area contributed by atoms with E-state index in [2.05, 4.69) is 33.9 Å². The quantitative estimate of drug-likeness (QED) is 0.334. The lowest BCUT2D eigenvalue weighted by Gasteiger charge is -2.40. The summed E-state index contributed by atoms with van der Waals surface area (Å²) >= 11 is 0. The number of ether oxygens (including phenoxy) is 3. The van der Waals surface area contributed by atoms with Crippen molar-refractivity contribution in [2.75, 3.05) is 27.9 Å².